The van der Waals surface area contributed by atoms with Crippen LogP contribution in [-0.2, 0) is 0 Å². The highest BCUT2D eigenvalue weighted by atomic mass is 16.4. The summed E-state index contributed by atoms with van der Waals surface area (Å²) in [6.45, 7) is -1.28. The van der Waals surface area contributed by atoms with Gasteiger partial charge in [-0.3, -0.25) is 4.79 Å². The van der Waals surface area contributed by atoms with Gasteiger partial charge in [0.2, 0.25) is 0 Å². The number of amides is 1. The molecule has 0 saturated heterocycles. The quantitative estimate of drug-likeness (QED) is 0.153. The molecule has 4 aromatic rings. The molecule has 0 aliphatic rings. The number of carbonyl (C=O) groups excluding carboxylic acids is 1. The number of carbonyl (C=O) groups is 1. The number of aromatic hydroxyl groups is 1. The van der Waals surface area contributed by atoms with Gasteiger partial charge in [0.25, 0.3) is 5.91 Å². The first-order valence-electron chi connectivity index (χ1n) is 10.7. The van der Waals surface area contributed by atoms with E-state index < -0.39 is 43.5 Å². The Morgan fingerprint density at radius 3 is 2.34 bits per heavy atom. The second-order valence-corrected chi connectivity index (χ2v) is 8.10. The number of H-pyrrole nitrogens is 2. The van der Waals surface area contributed by atoms with E-state index in [9.17, 15) is 35.2 Å². The largest absolute Gasteiger partial charge is 0.494 e. The lowest BCUT2D eigenvalue weighted by Gasteiger charge is -2.25. The normalized spacial score (nSPS) is 15.1. The lowest BCUT2D eigenvalue weighted by molar-refractivity contribution is -0.113. The fourth-order valence-corrected chi connectivity index (χ4v) is 3.96. The summed E-state index contributed by atoms with van der Waals surface area (Å²) in [6.07, 6.45) is -6.92. The molecule has 2 aromatic carbocycles. The topological polar surface area (TPSA) is 211 Å². The van der Waals surface area contributed by atoms with Gasteiger partial charge in [0.1, 0.15) is 24.0 Å². The number of rotatable bonds is 9. The van der Waals surface area contributed by atoms with Crippen molar-refractivity contribution in [2.75, 3.05) is 13.2 Å². The molecule has 0 spiro atoms. The van der Waals surface area contributed by atoms with Gasteiger partial charge in [-0.25, -0.2) is 0 Å². The average molecular weight is 484 g/mol. The number of para-hydroxylation sites is 1. The maximum atomic E-state index is 12.7. The first kappa shape index (κ1) is 24.3. The maximum Gasteiger partial charge on any atom is 0.251 e. The van der Waals surface area contributed by atoms with Crippen LogP contribution in [0.5, 0.6) is 5.88 Å². The minimum Gasteiger partial charge on any atom is -0.494 e. The van der Waals surface area contributed by atoms with Gasteiger partial charge in [0.15, 0.2) is 5.88 Å². The average Bonchev–Trinajstić information content (AvgIpc) is 3.40. The summed E-state index contributed by atoms with van der Waals surface area (Å²) >= 11 is 0. The smallest absolute Gasteiger partial charge is 0.251 e. The van der Waals surface area contributed by atoms with Crippen LogP contribution in [0, 0.1) is 4.91 Å². The van der Waals surface area contributed by atoms with Crippen LogP contribution in [0.1, 0.15) is 10.4 Å². The number of nitroso groups, excluding NO2 is 1. The van der Waals surface area contributed by atoms with Crippen LogP contribution >= 0.6 is 0 Å². The van der Waals surface area contributed by atoms with Crippen molar-refractivity contribution < 1.29 is 35.4 Å². The van der Waals surface area contributed by atoms with Gasteiger partial charge < -0.3 is 45.9 Å². The number of nitrogens with one attached hydrogen (secondary N) is 3. The maximum absolute atomic E-state index is 12.7. The van der Waals surface area contributed by atoms with Crippen LogP contribution < -0.4 is 5.32 Å². The zero-order valence-corrected chi connectivity index (χ0v) is 18.2. The minimum atomic E-state index is -1.82. The highest BCUT2D eigenvalue weighted by molar-refractivity contribution is 6.09. The van der Waals surface area contributed by atoms with E-state index in [1.54, 1.807) is 30.3 Å². The van der Waals surface area contributed by atoms with Crippen molar-refractivity contribution >= 4 is 33.4 Å². The highest BCUT2D eigenvalue weighted by Gasteiger charge is 2.30. The number of benzene rings is 2. The van der Waals surface area contributed by atoms with E-state index in [-0.39, 0.29) is 28.4 Å². The molecule has 12 nitrogen and oxygen atoms in total. The summed E-state index contributed by atoms with van der Waals surface area (Å²) in [5.74, 6) is -0.864. The summed E-state index contributed by atoms with van der Waals surface area (Å²) in [7, 11) is 0. The monoisotopic (exact) mass is 484 g/mol. The van der Waals surface area contributed by atoms with E-state index in [1.165, 1.54) is 12.1 Å². The first-order chi connectivity index (χ1) is 16.8. The Morgan fingerprint density at radius 1 is 0.943 bits per heavy atom. The molecular weight excluding hydrogens is 460 g/mol. The van der Waals surface area contributed by atoms with Crippen LogP contribution in [0.4, 0.5) is 5.69 Å². The number of hydrogen-bond donors (Lipinski definition) is 9. The molecule has 12 heteroatoms. The Hall–Kier alpha value is -3.81. The van der Waals surface area contributed by atoms with E-state index in [2.05, 4.69) is 20.5 Å². The third-order valence-corrected chi connectivity index (χ3v) is 5.86. The number of aliphatic hydroxyl groups is 5. The zero-order chi connectivity index (χ0) is 25.3. The molecule has 0 fully saturated rings. The molecule has 0 aliphatic carbocycles. The van der Waals surface area contributed by atoms with Gasteiger partial charge in [-0.15, -0.1) is 4.91 Å². The summed E-state index contributed by atoms with van der Waals surface area (Å²) < 4.78 is 0. The molecule has 1 amide bonds. The van der Waals surface area contributed by atoms with Crippen LogP contribution in [0.2, 0.25) is 0 Å². The molecule has 9 N–H and O–H groups in total. The SMILES string of the molecule is O=Nc1c(-c2c(O)[nH]c3ccc(C(=O)NCC(O)C(O)C(O)C(O)CO)cc23)[nH]c2ccccc12. The van der Waals surface area contributed by atoms with Crippen LogP contribution in [0.25, 0.3) is 33.1 Å². The fraction of sp³-hybridized carbons (Fsp3) is 0.261. The van der Waals surface area contributed by atoms with Crippen LogP contribution in [0.3, 0.4) is 0 Å². The Balaban J connectivity index is 1.62. The predicted molar refractivity (Wildman–Crippen MR) is 126 cm³/mol. The van der Waals surface area contributed by atoms with Crippen LogP contribution in [-0.4, -0.2) is 84.1 Å². The summed E-state index contributed by atoms with van der Waals surface area (Å²) in [6, 6.07) is 11.5. The Bertz CT molecular complexity index is 1380. The fourth-order valence-electron chi connectivity index (χ4n) is 3.96. The lowest BCUT2D eigenvalue weighted by Crippen LogP contribution is -2.49. The van der Waals surface area contributed by atoms with Gasteiger partial charge in [0.05, 0.1) is 24.0 Å². The first-order valence-corrected chi connectivity index (χ1v) is 10.7. The highest BCUT2D eigenvalue weighted by Crippen LogP contribution is 2.44. The summed E-state index contributed by atoms with van der Waals surface area (Å²) in [4.78, 5) is 30.2. The number of hydrogen-bond acceptors (Lipinski definition) is 9. The molecule has 35 heavy (non-hydrogen) atoms. The Labute approximate surface area is 197 Å². The molecule has 2 heterocycles. The molecule has 0 saturated carbocycles. The van der Waals surface area contributed by atoms with Gasteiger partial charge in [0, 0.05) is 33.9 Å². The molecule has 4 rings (SSSR count). The van der Waals surface area contributed by atoms with Crippen molar-refractivity contribution in [2.45, 2.75) is 24.4 Å². The Kier molecular flexibility index (Phi) is 6.82. The summed E-state index contributed by atoms with van der Waals surface area (Å²) in [5.41, 5.74) is 1.90. The zero-order valence-electron chi connectivity index (χ0n) is 18.2. The second-order valence-electron chi connectivity index (χ2n) is 8.10. The summed E-state index contributed by atoms with van der Waals surface area (Å²) in [5, 5.41) is 65.0. The lowest BCUT2D eigenvalue weighted by atomic mass is 10.0. The number of aromatic amines is 2. The van der Waals surface area contributed by atoms with Gasteiger partial charge in [-0.05, 0) is 29.4 Å². The predicted octanol–water partition coefficient (Wildman–Crippen LogP) is 0.585. The van der Waals surface area contributed by atoms with Crippen molar-refractivity contribution in [2.24, 2.45) is 5.18 Å². The molecule has 0 aliphatic heterocycles. The van der Waals surface area contributed by atoms with E-state index in [1.807, 2.05) is 0 Å². The number of fused-ring (bicyclic) bond motifs is 2. The number of aromatic nitrogens is 2. The molecule has 4 atom stereocenters. The minimum absolute atomic E-state index is 0.104. The molecule has 0 radical (unpaired) electrons. The molecule has 184 valence electrons. The second kappa shape index (κ2) is 9.82. The van der Waals surface area contributed by atoms with Crippen molar-refractivity contribution in [1.82, 2.24) is 15.3 Å². The van der Waals surface area contributed by atoms with Crippen molar-refractivity contribution in [3.8, 4) is 17.1 Å². The third-order valence-electron chi connectivity index (χ3n) is 5.86. The number of nitrogens with zero attached hydrogens (tertiary/aromatic N) is 1. The van der Waals surface area contributed by atoms with Gasteiger partial charge in [-0.1, -0.05) is 18.2 Å². The van der Waals surface area contributed by atoms with E-state index in [4.69, 9.17) is 5.11 Å². The molecule has 0 bridgehead atoms. The number of aliphatic hydroxyl groups excluding tert-OH is 5. The Morgan fingerprint density at radius 2 is 1.63 bits per heavy atom. The van der Waals surface area contributed by atoms with Gasteiger partial charge in [-0.2, -0.15) is 0 Å². The van der Waals surface area contributed by atoms with Crippen LogP contribution in [0.15, 0.2) is 47.6 Å². The van der Waals surface area contributed by atoms with Crippen molar-refractivity contribution in [3.63, 3.8) is 0 Å². The van der Waals surface area contributed by atoms with E-state index in [0.29, 0.717) is 21.8 Å². The molecule has 4 unspecified atom stereocenters. The van der Waals surface area contributed by atoms with Crippen molar-refractivity contribution in [3.05, 3.63) is 52.9 Å². The molecule has 2 aromatic heterocycles. The van der Waals surface area contributed by atoms with Gasteiger partial charge >= 0.3 is 0 Å². The van der Waals surface area contributed by atoms with E-state index in [0.717, 1.165) is 0 Å². The molecular formula is C23H24N4O8. The third kappa shape index (κ3) is 4.48. The standard InChI is InChI=1S/C23H24N4O8/c28-9-16(30)21(32)20(31)15(29)8-24-22(33)10-5-6-14-12(7-10)17(23(34)26-14)19-18(27-35)11-3-1-2-4-13(11)25-19/h1-7,15-16,20-21,25-26,28-32,34H,8-9H2,(H,24,33). The van der Waals surface area contributed by atoms with E-state index >= 15 is 0 Å². The van der Waals surface area contributed by atoms with Crippen molar-refractivity contribution in [1.29, 1.82) is 0 Å².